The van der Waals surface area contributed by atoms with Crippen LogP contribution in [-0.4, -0.2) is 32.2 Å². The zero-order chi connectivity index (χ0) is 13.4. The van der Waals surface area contributed by atoms with Gasteiger partial charge in [0.05, 0.1) is 19.5 Å². The van der Waals surface area contributed by atoms with Gasteiger partial charge in [-0.25, -0.2) is 9.78 Å². The van der Waals surface area contributed by atoms with Crippen LogP contribution in [0.5, 0.6) is 0 Å². The summed E-state index contributed by atoms with van der Waals surface area (Å²) in [5.74, 6) is -0.401. The number of carbonyl (C=O) groups excluding carboxylic acids is 1. The van der Waals surface area contributed by atoms with Gasteiger partial charge in [0.25, 0.3) is 0 Å². The van der Waals surface area contributed by atoms with Gasteiger partial charge in [-0.3, -0.25) is 9.08 Å². The fourth-order valence-electron chi connectivity index (χ4n) is 1.99. The van der Waals surface area contributed by atoms with Crippen molar-refractivity contribution in [3.05, 3.63) is 42.6 Å². The number of nitrogens with zero attached hydrogens (tertiary/aromatic N) is 4. The molecule has 0 radical (unpaired) electrons. The molecule has 3 rings (SSSR count). The molecule has 3 aromatic heterocycles. The predicted molar refractivity (Wildman–Crippen MR) is 68.7 cm³/mol. The highest BCUT2D eigenvalue weighted by atomic mass is 16.5. The molecule has 3 aromatic rings. The lowest BCUT2D eigenvalue weighted by Crippen LogP contribution is -2.04. The summed E-state index contributed by atoms with van der Waals surface area (Å²) in [5, 5.41) is 4.14. The molecule has 0 aliphatic heterocycles. The number of ether oxygens (including phenoxy) is 1. The summed E-state index contributed by atoms with van der Waals surface area (Å²) in [4.78, 5) is 15.8. The van der Waals surface area contributed by atoms with Crippen LogP contribution in [0.3, 0.4) is 0 Å². The van der Waals surface area contributed by atoms with Gasteiger partial charge in [-0.2, -0.15) is 5.10 Å². The molecule has 0 N–H and O–H groups in total. The summed E-state index contributed by atoms with van der Waals surface area (Å²) in [5.41, 5.74) is 3.12. The summed E-state index contributed by atoms with van der Waals surface area (Å²) < 4.78 is 8.15. The first kappa shape index (κ1) is 11.5. The fraction of sp³-hybridized carbons (Fsp3) is 0.154. The lowest BCUT2D eigenvalue weighted by molar-refractivity contribution is 0.0593. The Hall–Kier alpha value is -2.63. The molecular formula is C13H12N4O2. The molecule has 0 saturated heterocycles. The molecule has 0 atom stereocenters. The monoisotopic (exact) mass is 256 g/mol. The van der Waals surface area contributed by atoms with E-state index in [4.69, 9.17) is 4.74 Å². The van der Waals surface area contributed by atoms with E-state index in [-0.39, 0.29) is 0 Å². The Bertz CT molecular complexity index is 757. The minimum atomic E-state index is -0.401. The summed E-state index contributed by atoms with van der Waals surface area (Å²) >= 11 is 0. The van der Waals surface area contributed by atoms with Crippen molar-refractivity contribution in [2.75, 3.05) is 7.11 Å². The van der Waals surface area contributed by atoms with Crippen molar-refractivity contribution in [3.8, 4) is 11.1 Å². The number of aromatic nitrogens is 4. The highest BCUT2D eigenvalue weighted by molar-refractivity contribution is 5.88. The number of aryl methyl sites for hydroxylation is 1. The van der Waals surface area contributed by atoms with Crippen molar-refractivity contribution in [1.29, 1.82) is 0 Å². The third-order valence-corrected chi connectivity index (χ3v) is 2.95. The SMILES string of the molecule is COC(=O)c1cnc2cc(-c3cnn(C)c3)ccn12. The Morgan fingerprint density at radius 3 is 2.84 bits per heavy atom. The average Bonchev–Trinajstić information content (AvgIpc) is 3.03. The van der Waals surface area contributed by atoms with Crippen LogP contribution in [0.4, 0.5) is 0 Å². The molecule has 0 spiro atoms. The van der Waals surface area contributed by atoms with E-state index in [9.17, 15) is 4.79 Å². The maximum Gasteiger partial charge on any atom is 0.356 e. The number of rotatable bonds is 2. The van der Waals surface area contributed by atoms with Gasteiger partial charge in [0.15, 0.2) is 5.69 Å². The molecule has 6 heteroatoms. The topological polar surface area (TPSA) is 61.4 Å². The molecule has 96 valence electrons. The van der Waals surface area contributed by atoms with Crippen LogP contribution >= 0.6 is 0 Å². The van der Waals surface area contributed by atoms with Crippen molar-refractivity contribution in [2.24, 2.45) is 7.05 Å². The van der Waals surface area contributed by atoms with E-state index in [1.54, 1.807) is 21.5 Å². The van der Waals surface area contributed by atoms with E-state index in [0.29, 0.717) is 11.3 Å². The lowest BCUT2D eigenvalue weighted by atomic mass is 10.1. The van der Waals surface area contributed by atoms with Crippen LogP contribution in [0.1, 0.15) is 10.5 Å². The van der Waals surface area contributed by atoms with Crippen LogP contribution in [-0.2, 0) is 11.8 Å². The summed E-state index contributed by atoms with van der Waals surface area (Å²) in [6.07, 6.45) is 7.02. The molecule has 0 bridgehead atoms. The Balaban J connectivity index is 2.10. The number of pyridine rings is 1. The zero-order valence-corrected chi connectivity index (χ0v) is 10.6. The Morgan fingerprint density at radius 1 is 1.32 bits per heavy atom. The van der Waals surface area contributed by atoms with E-state index < -0.39 is 5.97 Å². The molecular weight excluding hydrogens is 244 g/mol. The van der Waals surface area contributed by atoms with Crippen LogP contribution in [0.25, 0.3) is 16.8 Å². The fourth-order valence-corrected chi connectivity index (χ4v) is 1.99. The first-order valence-corrected chi connectivity index (χ1v) is 5.73. The maximum atomic E-state index is 11.6. The second-order valence-corrected chi connectivity index (χ2v) is 4.18. The van der Waals surface area contributed by atoms with Gasteiger partial charge >= 0.3 is 5.97 Å². The van der Waals surface area contributed by atoms with Gasteiger partial charge in [0.1, 0.15) is 5.65 Å². The van der Waals surface area contributed by atoms with Crippen molar-refractivity contribution in [3.63, 3.8) is 0 Å². The predicted octanol–water partition coefficient (Wildman–Crippen LogP) is 1.52. The number of esters is 1. The number of carbonyl (C=O) groups is 1. The van der Waals surface area contributed by atoms with Crippen LogP contribution < -0.4 is 0 Å². The smallest absolute Gasteiger partial charge is 0.356 e. The number of imidazole rings is 1. The van der Waals surface area contributed by atoms with E-state index in [2.05, 4.69) is 10.1 Å². The Kier molecular flexibility index (Phi) is 2.56. The van der Waals surface area contributed by atoms with Crippen LogP contribution in [0.15, 0.2) is 36.9 Å². The molecule has 6 nitrogen and oxygen atoms in total. The van der Waals surface area contributed by atoms with Gasteiger partial charge in [-0.15, -0.1) is 0 Å². The number of hydrogen-bond acceptors (Lipinski definition) is 4. The first-order valence-electron chi connectivity index (χ1n) is 5.73. The quantitative estimate of drug-likeness (QED) is 0.652. The third-order valence-electron chi connectivity index (χ3n) is 2.95. The molecule has 0 unspecified atom stereocenters. The van der Waals surface area contributed by atoms with E-state index >= 15 is 0 Å². The molecule has 0 aliphatic carbocycles. The van der Waals surface area contributed by atoms with E-state index in [1.165, 1.54) is 13.3 Å². The third kappa shape index (κ3) is 1.87. The van der Waals surface area contributed by atoms with Gasteiger partial charge < -0.3 is 4.74 Å². The first-order chi connectivity index (χ1) is 9.19. The molecule has 0 aromatic carbocycles. The molecule has 0 aliphatic rings. The molecule has 0 amide bonds. The minimum Gasteiger partial charge on any atom is -0.464 e. The van der Waals surface area contributed by atoms with Gasteiger partial charge in [-0.1, -0.05) is 0 Å². The van der Waals surface area contributed by atoms with Crippen molar-refractivity contribution in [1.82, 2.24) is 19.2 Å². The minimum absolute atomic E-state index is 0.401. The van der Waals surface area contributed by atoms with Crippen LogP contribution in [0.2, 0.25) is 0 Å². The molecule has 0 fully saturated rings. The van der Waals surface area contributed by atoms with E-state index in [0.717, 1.165) is 11.1 Å². The van der Waals surface area contributed by atoms with Gasteiger partial charge in [-0.05, 0) is 17.7 Å². The van der Waals surface area contributed by atoms with Crippen molar-refractivity contribution >= 4 is 11.6 Å². The van der Waals surface area contributed by atoms with Gasteiger partial charge in [0.2, 0.25) is 0 Å². The van der Waals surface area contributed by atoms with Crippen molar-refractivity contribution in [2.45, 2.75) is 0 Å². The second-order valence-electron chi connectivity index (χ2n) is 4.18. The molecule has 3 heterocycles. The van der Waals surface area contributed by atoms with Gasteiger partial charge in [0, 0.05) is 25.0 Å². The molecule has 0 saturated carbocycles. The summed E-state index contributed by atoms with van der Waals surface area (Å²) in [6.45, 7) is 0. The number of methoxy groups -OCH3 is 1. The Labute approximate surface area is 109 Å². The molecule has 19 heavy (non-hydrogen) atoms. The Morgan fingerprint density at radius 2 is 2.16 bits per heavy atom. The second kappa shape index (κ2) is 4.24. The normalized spacial score (nSPS) is 10.8. The maximum absolute atomic E-state index is 11.6. The highest BCUT2D eigenvalue weighted by Crippen LogP contribution is 2.20. The largest absolute Gasteiger partial charge is 0.464 e. The lowest BCUT2D eigenvalue weighted by Gasteiger charge is -2.01. The highest BCUT2D eigenvalue weighted by Gasteiger charge is 2.12. The van der Waals surface area contributed by atoms with Crippen LogP contribution in [0, 0.1) is 0 Å². The number of hydrogen-bond donors (Lipinski definition) is 0. The van der Waals surface area contributed by atoms with E-state index in [1.807, 2.05) is 25.4 Å². The average molecular weight is 256 g/mol. The standard InChI is InChI=1S/C13H12N4O2/c1-16-8-10(6-15-16)9-3-4-17-11(13(18)19-2)7-14-12(17)5-9/h3-8H,1-2H3. The van der Waals surface area contributed by atoms with Crippen molar-refractivity contribution < 1.29 is 9.53 Å². The summed E-state index contributed by atoms with van der Waals surface area (Å²) in [7, 11) is 3.22. The zero-order valence-electron chi connectivity index (χ0n) is 10.6. The summed E-state index contributed by atoms with van der Waals surface area (Å²) in [6, 6.07) is 3.82. The number of fused-ring (bicyclic) bond motifs is 1.